The first-order valence-electron chi connectivity index (χ1n) is 5.66. The highest BCUT2D eigenvalue weighted by Crippen LogP contribution is 2.21. The zero-order chi connectivity index (χ0) is 12.3. The van der Waals surface area contributed by atoms with Gasteiger partial charge in [0.15, 0.2) is 6.04 Å². The van der Waals surface area contributed by atoms with Gasteiger partial charge in [-0.25, -0.2) is 4.79 Å². The molecule has 0 unspecified atom stereocenters. The molecule has 16 heavy (non-hydrogen) atoms. The molecule has 0 N–H and O–H groups in total. The monoisotopic (exact) mass is 224 g/mol. The molecule has 1 rings (SSSR count). The molecular formula is C12H20N2O2. The largest absolute Gasteiger partial charge is 0.464 e. The molecule has 0 aliphatic rings. The maximum Gasteiger partial charge on any atom is 0.331 e. The average Bonchev–Trinajstić information content (AvgIpc) is 2.45. The van der Waals surface area contributed by atoms with Crippen molar-refractivity contribution in [3.05, 3.63) is 17.5 Å². The highest BCUT2D eigenvalue weighted by Gasteiger charge is 2.27. The van der Waals surface area contributed by atoms with Crippen molar-refractivity contribution in [3.63, 3.8) is 0 Å². The molecule has 0 aromatic carbocycles. The lowest BCUT2D eigenvalue weighted by Crippen LogP contribution is -2.28. The number of nitrogens with zero attached hydrogens (tertiary/aromatic N) is 2. The second-order valence-electron chi connectivity index (χ2n) is 4.31. The van der Waals surface area contributed by atoms with Gasteiger partial charge in [0.05, 0.1) is 12.3 Å². The summed E-state index contributed by atoms with van der Waals surface area (Å²) in [7, 11) is 0. The Bertz CT molecular complexity index is 369. The quantitative estimate of drug-likeness (QED) is 0.737. The molecule has 0 saturated carbocycles. The van der Waals surface area contributed by atoms with E-state index in [4.69, 9.17) is 4.74 Å². The van der Waals surface area contributed by atoms with E-state index in [2.05, 4.69) is 5.10 Å². The Morgan fingerprint density at radius 1 is 1.50 bits per heavy atom. The van der Waals surface area contributed by atoms with Crippen molar-refractivity contribution in [3.8, 4) is 0 Å². The van der Waals surface area contributed by atoms with E-state index >= 15 is 0 Å². The molecule has 0 aliphatic heterocycles. The van der Waals surface area contributed by atoms with Crippen LogP contribution in [0.2, 0.25) is 0 Å². The molecular weight excluding hydrogens is 204 g/mol. The maximum absolute atomic E-state index is 11.9. The highest BCUT2D eigenvalue weighted by molar-refractivity contribution is 5.74. The van der Waals surface area contributed by atoms with Crippen molar-refractivity contribution in [2.75, 3.05) is 6.61 Å². The Kier molecular flexibility index (Phi) is 4.10. The van der Waals surface area contributed by atoms with Gasteiger partial charge in [-0.05, 0) is 32.8 Å². The molecule has 0 amide bonds. The molecule has 0 radical (unpaired) electrons. The Morgan fingerprint density at radius 3 is 2.50 bits per heavy atom. The van der Waals surface area contributed by atoms with E-state index in [0.29, 0.717) is 6.61 Å². The lowest BCUT2D eigenvalue weighted by atomic mass is 10.0. The van der Waals surface area contributed by atoms with Crippen LogP contribution in [-0.4, -0.2) is 22.4 Å². The number of carbonyl (C=O) groups excluding carboxylic acids is 1. The first-order chi connectivity index (χ1) is 7.47. The van der Waals surface area contributed by atoms with Crippen LogP contribution in [0.15, 0.2) is 6.07 Å². The topological polar surface area (TPSA) is 44.1 Å². The van der Waals surface area contributed by atoms with Crippen LogP contribution in [-0.2, 0) is 9.53 Å². The van der Waals surface area contributed by atoms with Gasteiger partial charge in [-0.3, -0.25) is 4.68 Å². The number of aryl methyl sites for hydroxylation is 2. The first-order valence-corrected chi connectivity index (χ1v) is 5.66. The van der Waals surface area contributed by atoms with Crippen LogP contribution in [0.4, 0.5) is 0 Å². The fourth-order valence-electron chi connectivity index (χ4n) is 1.81. The Hall–Kier alpha value is -1.32. The third-order valence-electron chi connectivity index (χ3n) is 2.47. The Balaban J connectivity index is 3.02. The smallest absolute Gasteiger partial charge is 0.331 e. The summed E-state index contributed by atoms with van der Waals surface area (Å²) in [5.74, 6) is -0.0410. The van der Waals surface area contributed by atoms with E-state index < -0.39 is 0 Å². The van der Waals surface area contributed by atoms with Crippen molar-refractivity contribution >= 4 is 5.97 Å². The van der Waals surface area contributed by atoms with Gasteiger partial charge in [-0.2, -0.15) is 5.10 Å². The third-order valence-corrected chi connectivity index (χ3v) is 2.47. The molecule has 1 heterocycles. The number of hydrogen-bond acceptors (Lipinski definition) is 3. The van der Waals surface area contributed by atoms with E-state index in [-0.39, 0.29) is 17.9 Å². The summed E-state index contributed by atoms with van der Waals surface area (Å²) in [5, 5.41) is 4.35. The van der Waals surface area contributed by atoms with Crippen LogP contribution in [0.1, 0.15) is 38.2 Å². The number of hydrogen-bond donors (Lipinski definition) is 0. The molecule has 4 heteroatoms. The predicted octanol–water partition coefficient (Wildman–Crippen LogP) is 2.26. The molecule has 1 aromatic heterocycles. The SMILES string of the molecule is CCOC(=O)[C@@H](C(C)C)n1nc(C)cc1C. The van der Waals surface area contributed by atoms with Crippen LogP contribution < -0.4 is 0 Å². The Morgan fingerprint density at radius 2 is 2.12 bits per heavy atom. The highest BCUT2D eigenvalue weighted by atomic mass is 16.5. The normalized spacial score (nSPS) is 12.9. The molecule has 0 fully saturated rings. The molecule has 0 spiro atoms. The minimum atomic E-state index is -0.325. The lowest BCUT2D eigenvalue weighted by Gasteiger charge is -2.20. The lowest BCUT2D eigenvalue weighted by molar-refractivity contribution is -0.149. The van der Waals surface area contributed by atoms with Crippen LogP contribution >= 0.6 is 0 Å². The number of aromatic nitrogens is 2. The van der Waals surface area contributed by atoms with Gasteiger partial charge in [-0.15, -0.1) is 0 Å². The number of carbonyl (C=O) groups is 1. The van der Waals surface area contributed by atoms with Gasteiger partial charge in [0.2, 0.25) is 0 Å². The molecule has 1 aromatic rings. The van der Waals surface area contributed by atoms with Crippen molar-refractivity contribution in [1.29, 1.82) is 0 Å². The van der Waals surface area contributed by atoms with Crippen molar-refractivity contribution in [2.24, 2.45) is 5.92 Å². The summed E-state index contributed by atoms with van der Waals surface area (Å²) in [5.41, 5.74) is 1.91. The number of rotatable bonds is 4. The molecule has 90 valence electrons. The average molecular weight is 224 g/mol. The number of esters is 1. The van der Waals surface area contributed by atoms with Crippen LogP contribution in [0, 0.1) is 19.8 Å². The molecule has 4 nitrogen and oxygen atoms in total. The van der Waals surface area contributed by atoms with Crippen LogP contribution in [0.3, 0.4) is 0 Å². The zero-order valence-corrected chi connectivity index (χ0v) is 10.7. The van der Waals surface area contributed by atoms with Gasteiger partial charge in [0.1, 0.15) is 0 Å². The maximum atomic E-state index is 11.9. The standard InChI is InChI=1S/C12H20N2O2/c1-6-16-12(15)11(8(2)3)14-10(5)7-9(4)13-14/h7-8,11H,6H2,1-5H3/t11-/m1/s1. The second kappa shape index (κ2) is 5.14. The Labute approximate surface area is 96.6 Å². The van der Waals surface area contributed by atoms with Crippen LogP contribution in [0.5, 0.6) is 0 Å². The van der Waals surface area contributed by atoms with E-state index in [0.717, 1.165) is 11.4 Å². The molecule has 0 aliphatic carbocycles. The predicted molar refractivity (Wildman–Crippen MR) is 62.2 cm³/mol. The van der Waals surface area contributed by atoms with Crippen molar-refractivity contribution in [1.82, 2.24) is 9.78 Å². The van der Waals surface area contributed by atoms with Crippen molar-refractivity contribution in [2.45, 2.75) is 40.7 Å². The minimum absolute atomic E-state index is 0.164. The summed E-state index contributed by atoms with van der Waals surface area (Å²) < 4.78 is 6.85. The summed E-state index contributed by atoms with van der Waals surface area (Å²) in [6, 6.07) is 1.64. The van der Waals surface area contributed by atoms with Gasteiger partial charge >= 0.3 is 5.97 Å². The van der Waals surface area contributed by atoms with E-state index in [1.54, 1.807) is 4.68 Å². The number of ether oxygens (including phenoxy) is 1. The molecule has 0 saturated heterocycles. The molecule has 1 atom stereocenters. The third kappa shape index (κ3) is 2.62. The van der Waals surface area contributed by atoms with Gasteiger partial charge in [0, 0.05) is 5.69 Å². The summed E-state index contributed by atoms with van der Waals surface area (Å²) in [6.07, 6.45) is 0. The van der Waals surface area contributed by atoms with Crippen molar-refractivity contribution < 1.29 is 9.53 Å². The minimum Gasteiger partial charge on any atom is -0.464 e. The van der Waals surface area contributed by atoms with Gasteiger partial charge < -0.3 is 4.74 Å². The second-order valence-corrected chi connectivity index (χ2v) is 4.31. The first kappa shape index (κ1) is 12.7. The van der Waals surface area contributed by atoms with E-state index in [1.165, 1.54) is 0 Å². The fraction of sp³-hybridized carbons (Fsp3) is 0.667. The van der Waals surface area contributed by atoms with Gasteiger partial charge in [0.25, 0.3) is 0 Å². The fourth-order valence-corrected chi connectivity index (χ4v) is 1.81. The summed E-state index contributed by atoms with van der Waals surface area (Å²) in [4.78, 5) is 11.9. The van der Waals surface area contributed by atoms with E-state index in [9.17, 15) is 4.79 Å². The summed E-state index contributed by atoms with van der Waals surface area (Å²) >= 11 is 0. The molecule has 0 bridgehead atoms. The zero-order valence-electron chi connectivity index (χ0n) is 10.7. The van der Waals surface area contributed by atoms with E-state index in [1.807, 2.05) is 40.7 Å². The summed E-state index contributed by atoms with van der Waals surface area (Å²) in [6.45, 7) is 10.1. The van der Waals surface area contributed by atoms with Crippen LogP contribution in [0.25, 0.3) is 0 Å². The van der Waals surface area contributed by atoms with Gasteiger partial charge in [-0.1, -0.05) is 13.8 Å².